The number of anilines is 1. The Morgan fingerprint density at radius 2 is 1.88 bits per heavy atom. The monoisotopic (exact) mass is 344 g/mol. The molecule has 0 aromatic carbocycles. The number of aromatic nitrogens is 2. The maximum absolute atomic E-state index is 11.8. The summed E-state index contributed by atoms with van der Waals surface area (Å²) in [5, 5.41) is 14.5. The summed E-state index contributed by atoms with van der Waals surface area (Å²) in [6.07, 6.45) is 4.79. The number of carbonyl (C=O) groups is 2. The van der Waals surface area contributed by atoms with Gasteiger partial charge in [0.25, 0.3) is 0 Å². The molecule has 134 valence electrons. The van der Waals surface area contributed by atoms with E-state index in [1.165, 1.54) is 6.20 Å². The van der Waals surface area contributed by atoms with Crippen LogP contribution in [0.15, 0.2) is 12.4 Å². The zero-order chi connectivity index (χ0) is 18.4. The highest BCUT2D eigenvalue weighted by Crippen LogP contribution is 2.22. The molecule has 0 saturated carbocycles. The van der Waals surface area contributed by atoms with Crippen molar-refractivity contribution in [3.05, 3.63) is 18.1 Å². The summed E-state index contributed by atoms with van der Waals surface area (Å²) in [7, 11) is 0. The molecule has 0 aliphatic carbocycles. The molecule has 2 N–H and O–H groups in total. The van der Waals surface area contributed by atoms with Crippen LogP contribution in [0.5, 0.6) is 0 Å². The number of carbonyl (C=O) groups excluding carboxylic acids is 2. The van der Waals surface area contributed by atoms with Gasteiger partial charge in [0.1, 0.15) is 6.07 Å². The number of piperidine rings is 1. The first-order valence-electron chi connectivity index (χ1n) is 8.36. The fourth-order valence-electron chi connectivity index (χ4n) is 2.70. The molecular weight excluding hydrogens is 320 g/mol. The second-order valence-electron chi connectivity index (χ2n) is 7.18. The molecule has 1 aromatic heterocycles. The topological polar surface area (TPSA) is 111 Å². The summed E-state index contributed by atoms with van der Waals surface area (Å²) in [6.45, 7) is 7.43. The lowest BCUT2D eigenvalue weighted by Crippen LogP contribution is -2.49. The zero-order valence-electron chi connectivity index (χ0n) is 14.9. The molecule has 1 aliphatic rings. The number of hydrogen-bond acceptors (Lipinski definition) is 6. The lowest BCUT2D eigenvalue weighted by molar-refractivity contribution is -0.140. The van der Waals surface area contributed by atoms with E-state index in [0.717, 1.165) is 25.9 Å². The summed E-state index contributed by atoms with van der Waals surface area (Å²) in [5.74, 6) is -0.303. The minimum atomic E-state index is -0.608. The molecule has 2 heterocycles. The summed E-state index contributed by atoms with van der Waals surface area (Å²) in [5.41, 5.74) is -0.109. The summed E-state index contributed by atoms with van der Waals surface area (Å²) in [6, 6.07) is 2.06. The van der Waals surface area contributed by atoms with Gasteiger partial charge in [0, 0.05) is 37.6 Å². The first kappa shape index (κ1) is 18.6. The van der Waals surface area contributed by atoms with Crippen molar-refractivity contribution in [1.29, 1.82) is 5.26 Å². The normalized spacial score (nSPS) is 15.4. The summed E-state index contributed by atoms with van der Waals surface area (Å²) >= 11 is 0. The van der Waals surface area contributed by atoms with Gasteiger partial charge in [-0.05, 0) is 39.5 Å². The van der Waals surface area contributed by atoms with Crippen LogP contribution in [0.3, 0.4) is 0 Å². The molecule has 2 rings (SSSR count). The summed E-state index contributed by atoms with van der Waals surface area (Å²) < 4.78 is 0. The molecular formula is C17H24N6O2. The molecule has 1 saturated heterocycles. The highest BCUT2D eigenvalue weighted by Gasteiger charge is 2.24. The van der Waals surface area contributed by atoms with Crippen LogP contribution in [-0.4, -0.2) is 47.0 Å². The van der Waals surface area contributed by atoms with Gasteiger partial charge in [-0.25, -0.2) is 9.97 Å². The third kappa shape index (κ3) is 5.41. The van der Waals surface area contributed by atoms with Crippen molar-refractivity contribution in [3.8, 4) is 6.07 Å². The van der Waals surface area contributed by atoms with Gasteiger partial charge < -0.3 is 15.5 Å². The Balaban J connectivity index is 1.80. The van der Waals surface area contributed by atoms with Crippen LogP contribution < -0.4 is 15.5 Å². The van der Waals surface area contributed by atoms with Gasteiger partial charge in [-0.1, -0.05) is 0 Å². The number of hydrogen-bond donors (Lipinski definition) is 2. The second-order valence-corrected chi connectivity index (χ2v) is 7.18. The van der Waals surface area contributed by atoms with E-state index in [9.17, 15) is 9.59 Å². The fraction of sp³-hybridized carbons (Fsp3) is 0.588. The molecule has 25 heavy (non-hydrogen) atoms. The largest absolute Gasteiger partial charge is 0.354 e. The van der Waals surface area contributed by atoms with Crippen LogP contribution in [0.2, 0.25) is 0 Å². The Bertz CT molecular complexity index is 668. The highest BCUT2D eigenvalue weighted by molar-refractivity contribution is 6.35. The zero-order valence-corrected chi connectivity index (χ0v) is 14.9. The number of nitrogens with zero attached hydrogens (tertiary/aromatic N) is 4. The molecule has 0 unspecified atom stereocenters. The van der Waals surface area contributed by atoms with Crippen molar-refractivity contribution in [2.45, 2.75) is 39.2 Å². The minimum absolute atomic E-state index is 0.296. The second kappa shape index (κ2) is 7.92. The van der Waals surface area contributed by atoms with E-state index < -0.39 is 17.4 Å². The predicted molar refractivity (Wildman–Crippen MR) is 92.6 cm³/mol. The van der Waals surface area contributed by atoms with E-state index in [-0.39, 0.29) is 0 Å². The Morgan fingerprint density at radius 3 is 2.48 bits per heavy atom. The van der Waals surface area contributed by atoms with Crippen LogP contribution in [-0.2, 0) is 9.59 Å². The summed E-state index contributed by atoms with van der Waals surface area (Å²) in [4.78, 5) is 33.9. The van der Waals surface area contributed by atoms with E-state index in [1.54, 1.807) is 6.20 Å². The van der Waals surface area contributed by atoms with Crippen molar-refractivity contribution in [2.24, 2.45) is 5.92 Å². The third-order valence-corrected chi connectivity index (χ3v) is 3.94. The van der Waals surface area contributed by atoms with E-state index in [2.05, 4.69) is 26.7 Å². The van der Waals surface area contributed by atoms with Gasteiger partial charge in [0.05, 0.1) is 0 Å². The molecule has 0 bridgehead atoms. The van der Waals surface area contributed by atoms with Crippen molar-refractivity contribution in [3.63, 3.8) is 0 Å². The van der Waals surface area contributed by atoms with Crippen molar-refractivity contribution < 1.29 is 9.59 Å². The Kier molecular flexibility index (Phi) is 5.91. The minimum Gasteiger partial charge on any atom is -0.354 e. The van der Waals surface area contributed by atoms with Crippen LogP contribution in [0.1, 0.15) is 39.3 Å². The molecule has 1 aromatic rings. The molecule has 0 atom stereocenters. The van der Waals surface area contributed by atoms with Gasteiger partial charge in [0.2, 0.25) is 0 Å². The van der Waals surface area contributed by atoms with Crippen LogP contribution in [0, 0.1) is 17.2 Å². The molecule has 0 radical (unpaired) electrons. The Morgan fingerprint density at radius 1 is 1.24 bits per heavy atom. The van der Waals surface area contributed by atoms with Gasteiger partial charge in [-0.3, -0.25) is 9.59 Å². The smallest absolute Gasteiger partial charge is 0.309 e. The van der Waals surface area contributed by atoms with Gasteiger partial charge in [-0.2, -0.15) is 5.26 Å². The van der Waals surface area contributed by atoms with Gasteiger partial charge in [-0.15, -0.1) is 0 Å². The highest BCUT2D eigenvalue weighted by atomic mass is 16.2. The van der Waals surface area contributed by atoms with Gasteiger partial charge in [0.15, 0.2) is 11.5 Å². The first-order valence-corrected chi connectivity index (χ1v) is 8.36. The average Bonchev–Trinajstić information content (AvgIpc) is 2.58. The van der Waals surface area contributed by atoms with Crippen LogP contribution in [0.4, 0.5) is 5.82 Å². The van der Waals surface area contributed by atoms with Crippen molar-refractivity contribution >= 4 is 17.6 Å². The number of nitriles is 1. The molecule has 8 heteroatoms. The number of nitrogens with one attached hydrogen (secondary N) is 2. The molecule has 2 amide bonds. The van der Waals surface area contributed by atoms with E-state index in [4.69, 9.17) is 5.26 Å². The molecule has 0 spiro atoms. The number of rotatable bonds is 3. The van der Waals surface area contributed by atoms with Crippen LogP contribution >= 0.6 is 0 Å². The Labute approximate surface area is 147 Å². The van der Waals surface area contributed by atoms with E-state index in [0.29, 0.717) is 24.0 Å². The molecule has 8 nitrogen and oxygen atoms in total. The lowest BCUT2D eigenvalue weighted by atomic mass is 9.96. The Hall–Kier alpha value is -2.69. The predicted octanol–water partition coefficient (Wildman–Crippen LogP) is 0.596. The first-order chi connectivity index (χ1) is 11.8. The maximum Gasteiger partial charge on any atom is 0.309 e. The van der Waals surface area contributed by atoms with Gasteiger partial charge >= 0.3 is 11.8 Å². The standard InChI is InChI=1S/C17H24N6O2/c1-17(2,3)22-16(25)15(24)21-11-12-4-8-23(9-5-12)14-13(10-18)19-6-7-20-14/h6-7,12H,4-5,8-9,11H2,1-3H3,(H,21,24)(H,22,25). The van der Waals surface area contributed by atoms with E-state index >= 15 is 0 Å². The molecule has 1 fully saturated rings. The van der Waals surface area contributed by atoms with Crippen LogP contribution in [0.25, 0.3) is 0 Å². The quantitative estimate of drug-likeness (QED) is 0.777. The van der Waals surface area contributed by atoms with E-state index in [1.807, 2.05) is 25.7 Å². The SMILES string of the molecule is CC(C)(C)NC(=O)C(=O)NCC1CCN(c2nccnc2C#N)CC1. The number of amides is 2. The fourth-order valence-corrected chi connectivity index (χ4v) is 2.70. The van der Waals surface area contributed by atoms with Crippen molar-refractivity contribution in [1.82, 2.24) is 20.6 Å². The average molecular weight is 344 g/mol. The molecule has 1 aliphatic heterocycles. The maximum atomic E-state index is 11.8. The van der Waals surface area contributed by atoms with Crippen molar-refractivity contribution in [2.75, 3.05) is 24.5 Å². The third-order valence-electron chi connectivity index (χ3n) is 3.94. The lowest BCUT2D eigenvalue weighted by Gasteiger charge is -2.32.